The molecule has 142 valence electrons. The highest BCUT2D eigenvalue weighted by Crippen LogP contribution is 2.19. The van der Waals surface area contributed by atoms with Crippen LogP contribution < -0.4 is 5.32 Å². The van der Waals surface area contributed by atoms with Gasteiger partial charge in [0.15, 0.2) is 0 Å². The second-order valence-corrected chi connectivity index (χ2v) is 7.16. The van der Waals surface area contributed by atoms with Crippen LogP contribution in [0.3, 0.4) is 0 Å². The van der Waals surface area contributed by atoms with Crippen LogP contribution in [0.1, 0.15) is 18.4 Å². The molecule has 0 bridgehead atoms. The second kappa shape index (κ2) is 9.33. The number of hydrogen-bond acceptors (Lipinski definition) is 3. The first-order chi connectivity index (χ1) is 13.1. The van der Waals surface area contributed by atoms with Crippen molar-refractivity contribution in [1.29, 1.82) is 0 Å². The Balaban J connectivity index is 1.50. The van der Waals surface area contributed by atoms with Gasteiger partial charge < -0.3 is 10.2 Å². The lowest BCUT2D eigenvalue weighted by molar-refractivity contribution is -0.133. The van der Waals surface area contributed by atoms with Crippen molar-refractivity contribution in [2.45, 2.75) is 19.4 Å². The van der Waals surface area contributed by atoms with Crippen LogP contribution in [0, 0.1) is 5.92 Å². The lowest BCUT2D eigenvalue weighted by atomic mass is 9.97. The quantitative estimate of drug-likeness (QED) is 0.856. The van der Waals surface area contributed by atoms with Crippen LogP contribution in [0.4, 0.5) is 5.69 Å². The fourth-order valence-electron chi connectivity index (χ4n) is 3.44. The molecule has 0 aliphatic carbocycles. The minimum Gasteiger partial charge on any atom is -0.340 e. The minimum atomic E-state index is -0.0776. The smallest absolute Gasteiger partial charge is 0.236 e. The SMILES string of the molecule is CN(Cc1ccccc1)C(=O)CN1CCCC(C(=O)Nc2ccccc2)C1. The van der Waals surface area contributed by atoms with E-state index in [-0.39, 0.29) is 17.7 Å². The number of anilines is 1. The molecule has 1 atom stereocenters. The van der Waals surface area contributed by atoms with Gasteiger partial charge in [-0.2, -0.15) is 0 Å². The average molecular weight is 365 g/mol. The zero-order valence-corrected chi connectivity index (χ0v) is 15.8. The van der Waals surface area contributed by atoms with Crippen molar-refractivity contribution in [2.24, 2.45) is 5.92 Å². The molecule has 1 heterocycles. The minimum absolute atomic E-state index is 0.0380. The zero-order chi connectivity index (χ0) is 19.1. The lowest BCUT2D eigenvalue weighted by Gasteiger charge is -2.32. The van der Waals surface area contributed by atoms with Crippen LogP contribution in [0.5, 0.6) is 0 Å². The van der Waals surface area contributed by atoms with Gasteiger partial charge in [-0.3, -0.25) is 14.5 Å². The highest BCUT2D eigenvalue weighted by Gasteiger charge is 2.27. The molecular formula is C22H27N3O2. The van der Waals surface area contributed by atoms with Crippen molar-refractivity contribution in [3.8, 4) is 0 Å². The van der Waals surface area contributed by atoms with Gasteiger partial charge >= 0.3 is 0 Å². The first-order valence-corrected chi connectivity index (χ1v) is 9.48. The molecule has 2 amide bonds. The van der Waals surface area contributed by atoms with E-state index in [1.165, 1.54) is 0 Å². The molecule has 5 heteroatoms. The van der Waals surface area contributed by atoms with E-state index in [4.69, 9.17) is 0 Å². The number of rotatable bonds is 6. The van der Waals surface area contributed by atoms with Gasteiger partial charge in [0.05, 0.1) is 12.5 Å². The standard InChI is InChI=1S/C22H27N3O2/c1-24(15-18-9-4-2-5-10-18)21(26)17-25-14-8-11-19(16-25)22(27)23-20-12-6-3-7-13-20/h2-7,9-10,12-13,19H,8,11,14-17H2,1H3,(H,23,27). The van der Waals surface area contributed by atoms with Gasteiger partial charge in [-0.1, -0.05) is 48.5 Å². The summed E-state index contributed by atoms with van der Waals surface area (Å²) in [7, 11) is 1.83. The fourth-order valence-corrected chi connectivity index (χ4v) is 3.44. The number of para-hydroxylation sites is 1. The van der Waals surface area contributed by atoms with Crippen molar-refractivity contribution < 1.29 is 9.59 Å². The van der Waals surface area contributed by atoms with E-state index >= 15 is 0 Å². The first kappa shape index (κ1) is 19.1. The summed E-state index contributed by atoms with van der Waals surface area (Å²) in [6.45, 7) is 2.45. The molecule has 1 unspecified atom stereocenters. The Morgan fingerprint density at radius 1 is 1.07 bits per heavy atom. The predicted octanol–water partition coefficient (Wildman–Crippen LogP) is 3.00. The molecule has 2 aromatic rings. The number of carbonyl (C=O) groups excluding carboxylic acids is 2. The van der Waals surface area contributed by atoms with Gasteiger partial charge in [0.25, 0.3) is 0 Å². The van der Waals surface area contributed by atoms with E-state index in [1.54, 1.807) is 4.90 Å². The maximum atomic E-state index is 12.6. The van der Waals surface area contributed by atoms with Crippen LogP contribution in [-0.4, -0.2) is 48.3 Å². The third kappa shape index (κ3) is 5.66. The number of amides is 2. The predicted molar refractivity (Wildman–Crippen MR) is 107 cm³/mol. The van der Waals surface area contributed by atoms with Crippen LogP contribution in [0.2, 0.25) is 0 Å². The van der Waals surface area contributed by atoms with Crippen molar-refractivity contribution in [1.82, 2.24) is 9.80 Å². The molecule has 1 aliphatic heterocycles. The van der Waals surface area contributed by atoms with Crippen LogP contribution >= 0.6 is 0 Å². The van der Waals surface area contributed by atoms with E-state index in [9.17, 15) is 9.59 Å². The molecule has 2 aromatic carbocycles. The maximum Gasteiger partial charge on any atom is 0.236 e. The summed E-state index contributed by atoms with van der Waals surface area (Å²) >= 11 is 0. The molecular weight excluding hydrogens is 338 g/mol. The molecule has 0 radical (unpaired) electrons. The molecule has 0 saturated carbocycles. The third-order valence-corrected chi connectivity index (χ3v) is 4.96. The first-order valence-electron chi connectivity index (χ1n) is 9.48. The summed E-state index contributed by atoms with van der Waals surface area (Å²) in [6, 6.07) is 19.5. The van der Waals surface area contributed by atoms with Crippen molar-refractivity contribution >= 4 is 17.5 Å². The van der Waals surface area contributed by atoms with Gasteiger partial charge in [-0.05, 0) is 37.1 Å². The highest BCUT2D eigenvalue weighted by atomic mass is 16.2. The van der Waals surface area contributed by atoms with Crippen molar-refractivity contribution in [3.63, 3.8) is 0 Å². The largest absolute Gasteiger partial charge is 0.340 e. The summed E-state index contributed by atoms with van der Waals surface area (Å²) in [5, 5.41) is 2.98. The van der Waals surface area contributed by atoms with Gasteiger partial charge in [0, 0.05) is 25.8 Å². The molecule has 1 N–H and O–H groups in total. The summed E-state index contributed by atoms with van der Waals surface area (Å²) in [6.07, 6.45) is 1.80. The van der Waals surface area contributed by atoms with Gasteiger partial charge in [0.2, 0.25) is 11.8 Å². The van der Waals surface area contributed by atoms with E-state index in [0.29, 0.717) is 19.6 Å². The Bertz CT molecular complexity index is 749. The average Bonchev–Trinajstić information content (AvgIpc) is 2.69. The van der Waals surface area contributed by atoms with Gasteiger partial charge in [0.1, 0.15) is 0 Å². The Hall–Kier alpha value is -2.66. The normalized spacial score (nSPS) is 17.3. The molecule has 1 saturated heterocycles. The number of benzene rings is 2. The van der Waals surface area contributed by atoms with Crippen LogP contribution in [-0.2, 0) is 16.1 Å². The number of likely N-dealkylation sites (tertiary alicyclic amines) is 1. The molecule has 1 fully saturated rings. The van der Waals surface area contributed by atoms with Crippen molar-refractivity contribution in [2.75, 3.05) is 32.0 Å². The van der Waals surface area contributed by atoms with Gasteiger partial charge in [-0.15, -0.1) is 0 Å². The number of nitrogens with one attached hydrogen (secondary N) is 1. The van der Waals surface area contributed by atoms with E-state index in [1.807, 2.05) is 67.7 Å². The molecule has 5 nitrogen and oxygen atoms in total. The molecule has 27 heavy (non-hydrogen) atoms. The summed E-state index contributed by atoms with van der Waals surface area (Å²) < 4.78 is 0. The fraction of sp³-hybridized carbons (Fsp3) is 0.364. The molecule has 0 aromatic heterocycles. The van der Waals surface area contributed by atoms with Crippen LogP contribution in [0.25, 0.3) is 0 Å². The summed E-state index contributed by atoms with van der Waals surface area (Å²) in [5.74, 6) is 0.0464. The van der Waals surface area contributed by atoms with Crippen LogP contribution in [0.15, 0.2) is 60.7 Å². The Labute approximate surface area is 161 Å². The summed E-state index contributed by atoms with van der Waals surface area (Å²) in [5.41, 5.74) is 1.94. The topological polar surface area (TPSA) is 52.7 Å². The molecule has 0 spiro atoms. The monoisotopic (exact) mass is 365 g/mol. The third-order valence-electron chi connectivity index (χ3n) is 4.96. The van der Waals surface area contributed by atoms with Crippen molar-refractivity contribution in [3.05, 3.63) is 66.2 Å². The number of likely N-dealkylation sites (N-methyl/N-ethyl adjacent to an activating group) is 1. The molecule has 1 aliphatic rings. The highest BCUT2D eigenvalue weighted by molar-refractivity contribution is 5.92. The zero-order valence-electron chi connectivity index (χ0n) is 15.8. The number of hydrogen-bond donors (Lipinski definition) is 1. The molecule has 3 rings (SSSR count). The van der Waals surface area contributed by atoms with E-state index in [0.717, 1.165) is 30.6 Å². The second-order valence-electron chi connectivity index (χ2n) is 7.16. The number of carbonyl (C=O) groups is 2. The van der Waals surface area contributed by atoms with E-state index < -0.39 is 0 Å². The number of nitrogens with zero attached hydrogens (tertiary/aromatic N) is 2. The van der Waals surface area contributed by atoms with Gasteiger partial charge in [-0.25, -0.2) is 0 Å². The van der Waals surface area contributed by atoms with E-state index in [2.05, 4.69) is 10.2 Å². The lowest BCUT2D eigenvalue weighted by Crippen LogP contribution is -2.45. The Morgan fingerprint density at radius 2 is 1.74 bits per heavy atom. The Kier molecular flexibility index (Phi) is 6.60. The number of piperidine rings is 1. The summed E-state index contributed by atoms with van der Waals surface area (Å²) in [4.78, 5) is 29.0. The maximum absolute atomic E-state index is 12.6. The Morgan fingerprint density at radius 3 is 2.44 bits per heavy atom.